The van der Waals surface area contributed by atoms with E-state index in [1.807, 2.05) is 19.0 Å². The number of nitrogens with one attached hydrogen (secondary N) is 1. The average molecular weight is 359 g/mol. The maximum atomic E-state index is 12.2. The quantitative estimate of drug-likeness (QED) is 0.729. The molecule has 0 saturated heterocycles. The smallest absolute Gasteiger partial charge is 0.283 e. The zero-order valence-electron chi connectivity index (χ0n) is 12.6. The van der Waals surface area contributed by atoms with E-state index in [0.29, 0.717) is 11.0 Å². The van der Waals surface area contributed by atoms with Crippen LogP contribution >= 0.6 is 15.9 Å². The molecule has 118 valence electrons. The summed E-state index contributed by atoms with van der Waals surface area (Å²) in [6, 6.07) is 0. The molecule has 7 heteroatoms. The van der Waals surface area contributed by atoms with Crippen molar-refractivity contribution in [1.29, 1.82) is 0 Å². The molecule has 6 nitrogen and oxygen atoms in total. The molecule has 1 aliphatic carbocycles. The highest BCUT2D eigenvalue weighted by Crippen LogP contribution is 2.48. The minimum Gasteiger partial charge on any atom is -0.396 e. The van der Waals surface area contributed by atoms with Gasteiger partial charge in [-0.25, -0.2) is 4.68 Å². The molecule has 0 atom stereocenters. The van der Waals surface area contributed by atoms with Crippen LogP contribution < -0.4 is 10.9 Å². The lowest BCUT2D eigenvalue weighted by molar-refractivity contribution is 0.253. The maximum Gasteiger partial charge on any atom is 0.283 e. The molecule has 1 fully saturated rings. The lowest BCUT2D eigenvalue weighted by Gasteiger charge is -2.17. The third-order valence-corrected chi connectivity index (χ3v) is 4.76. The largest absolute Gasteiger partial charge is 0.396 e. The van der Waals surface area contributed by atoms with Crippen molar-refractivity contribution in [3.63, 3.8) is 0 Å². The predicted octanol–water partition coefficient (Wildman–Crippen LogP) is 1.14. The number of aliphatic hydroxyl groups excluding tert-OH is 1. The van der Waals surface area contributed by atoms with Crippen LogP contribution in [0.15, 0.2) is 15.5 Å². The van der Waals surface area contributed by atoms with Crippen LogP contribution in [-0.2, 0) is 6.54 Å². The monoisotopic (exact) mass is 358 g/mol. The fraction of sp³-hybridized carbons (Fsp3) is 0.714. The fourth-order valence-corrected chi connectivity index (χ4v) is 2.70. The van der Waals surface area contributed by atoms with E-state index < -0.39 is 0 Å². The van der Waals surface area contributed by atoms with Gasteiger partial charge in [0.2, 0.25) is 0 Å². The molecule has 0 bridgehead atoms. The minimum absolute atomic E-state index is 0.117. The van der Waals surface area contributed by atoms with Crippen molar-refractivity contribution >= 4 is 21.6 Å². The molecule has 1 saturated carbocycles. The fourth-order valence-electron chi connectivity index (χ4n) is 2.25. The summed E-state index contributed by atoms with van der Waals surface area (Å²) in [4.78, 5) is 14.2. The van der Waals surface area contributed by atoms with E-state index in [-0.39, 0.29) is 17.6 Å². The summed E-state index contributed by atoms with van der Waals surface area (Å²) >= 11 is 3.37. The lowest BCUT2D eigenvalue weighted by atomic mass is 10.0. The zero-order chi connectivity index (χ0) is 15.5. The van der Waals surface area contributed by atoms with Crippen molar-refractivity contribution in [1.82, 2.24) is 14.7 Å². The Kier molecular flexibility index (Phi) is 5.40. The number of aromatic nitrogens is 2. The third kappa shape index (κ3) is 4.28. The van der Waals surface area contributed by atoms with Crippen LogP contribution in [0.3, 0.4) is 0 Å². The van der Waals surface area contributed by atoms with Gasteiger partial charge in [0, 0.05) is 19.7 Å². The molecular formula is C14H23BrN4O2. The maximum absolute atomic E-state index is 12.2. The molecule has 1 aliphatic rings. The number of anilines is 1. The van der Waals surface area contributed by atoms with Crippen molar-refractivity contribution in [2.45, 2.75) is 25.8 Å². The van der Waals surface area contributed by atoms with E-state index in [9.17, 15) is 4.79 Å². The number of likely N-dealkylation sites (N-methyl/N-ethyl adjacent to an activating group) is 1. The Balaban J connectivity index is 2.01. The van der Waals surface area contributed by atoms with Crippen LogP contribution in [0, 0.1) is 5.41 Å². The first-order chi connectivity index (χ1) is 9.97. The number of hydrogen-bond acceptors (Lipinski definition) is 5. The second kappa shape index (κ2) is 6.89. The first-order valence-corrected chi connectivity index (χ1v) is 8.02. The van der Waals surface area contributed by atoms with Gasteiger partial charge < -0.3 is 15.3 Å². The molecule has 1 aromatic heterocycles. The Morgan fingerprint density at radius 3 is 2.81 bits per heavy atom. The first kappa shape index (κ1) is 16.5. The summed E-state index contributed by atoms with van der Waals surface area (Å²) in [6.45, 7) is 2.33. The number of hydrogen-bond donors (Lipinski definition) is 2. The van der Waals surface area contributed by atoms with E-state index >= 15 is 0 Å². The van der Waals surface area contributed by atoms with Gasteiger partial charge in [-0.15, -0.1) is 0 Å². The van der Waals surface area contributed by atoms with Crippen LogP contribution in [0.5, 0.6) is 0 Å². The molecule has 0 unspecified atom stereocenters. The lowest BCUT2D eigenvalue weighted by Crippen LogP contribution is -2.30. The van der Waals surface area contributed by atoms with Gasteiger partial charge >= 0.3 is 0 Å². The van der Waals surface area contributed by atoms with Gasteiger partial charge in [-0.1, -0.05) is 0 Å². The van der Waals surface area contributed by atoms with Gasteiger partial charge in [0.1, 0.15) is 4.47 Å². The van der Waals surface area contributed by atoms with Gasteiger partial charge in [-0.3, -0.25) is 4.79 Å². The summed E-state index contributed by atoms with van der Waals surface area (Å²) in [7, 11) is 3.93. The summed E-state index contributed by atoms with van der Waals surface area (Å²) in [6.07, 6.45) is 4.76. The summed E-state index contributed by atoms with van der Waals surface area (Å²) in [5.74, 6) is 0. The van der Waals surface area contributed by atoms with Crippen LogP contribution in [0.2, 0.25) is 0 Å². The molecular weight excluding hydrogens is 336 g/mol. The van der Waals surface area contributed by atoms with Gasteiger partial charge in [-0.2, -0.15) is 5.10 Å². The van der Waals surface area contributed by atoms with Crippen molar-refractivity contribution in [3.05, 3.63) is 21.0 Å². The Hall–Kier alpha value is -0.920. The van der Waals surface area contributed by atoms with Crippen molar-refractivity contribution in [3.8, 4) is 0 Å². The summed E-state index contributed by atoms with van der Waals surface area (Å²) in [5.41, 5.74) is 0.813. The molecule has 0 amide bonds. The summed E-state index contributed by atoms with van der Waals surface area (Å²) < 4.78 is 1.99. The van der Waals surface area contributed by atoms with Gasteiger partial charge in [0.05, 0.1) is 18.4 Å². The molecule has 21 heavy (non-hydrogen) atoms. The van der Waals surface area contributed by atoms with Crippen LogP contribution in [0.4, 0.5) is 5.69 Å². The number of aliphatic hydroxyl groups is 1. The van der Waals surface area contributed by atoms with Crippen molar-refractivity contribution in [2.75, 3.05) is 39.1 Å². The predicted molar refractivity (Wildman–Crippen MR) is 86.6 cm³/mol. The summed E-state index contributed by atoms with van der Waals surface area (Å²) in [5, 5.41) is 16.6. The Morgan fingerprint density at radius 2 is 2.24 bits per heavy atom. The van der Waals surface area contributed by atoms with Crippen molar-refractivity contribution < 1.29 is 5.11 Å². The van der Waals surface area contributed by atoms with E-state index in [4.69, 9.17) is 5.11 Å². The standard InChI is InChI=1S/C14H23BrN4O2/c1-18(2)6-7-19-13(21)12(15)11(9-17-19)16-10-14(3-4-14)5-8-20/h9,16,20H,3-8,10H2,1-2H3. The van der Waals surface area contributed by atoms with Crippen LogP contribution in [0.1, 0.15) is 19.3 Å². The molecule has 0 aromatic carbocycles. The molecule has 1 aromatic rings. The molecule has 2 N–H and O–H groups in total. The molecule has 1 heterocycles. The topological polar surface area (TPSA) is 70.4 Å². The highest BCUT2D eigenvalue weighted by Gasteiger charge is 2.41. The number of halogens is 1. The second-order valence-electron chi connectivity index (χ2n) is 6.03. The van der Waals surface area contributed by atoms with E-state index in [1.54, 1.807) is 6.20 Å². The van der Waals surface area contributed by atoms with E-state index in [0.717, 1.165) is 38.0 Å². The highest BCUT2D eigenvalue weighted by molar-refractivity contribution is 9.10. The van der Waals surface area contributed by atoms with Gasteiger partial charge in [0.15, 0.2) is 0 Å². The molecule has 0 spiro atoms. The minimum atomic E-state index is -0.117. The number of nitrogens with zero attached hydrogens (tertiary/aromatic N) is 3. The SMILES string of the molecule is CN(C)CCn1ncc(NCC2(CCO)CC2)c(Br)c1=O. The van der Waals surface area contributed by atoms with Crippen LogP contribution in [-0.4, -0.2) is 53.6 Å². The third-order valence-electron chi connectivity index (χ3n) is 4.00. The average Bonchev–Trinajstić information content (AvgIpc) is 3.20. The van der Waals surface area contributed by atoms with E-state index in [2.05, 4.69) is 26.3 Å². The second-order valence-corrected chi connectivity index (χ2v) is 6.82. The normalized spacial score (nSPS) is 16.2. The zero-order valence-corrected chi connectivity index (χ0v) is 14.2. The van der Waals surface area contributed by atoms with Crippen LogP contribution in [0.25, 0.3) is 0 Å². The van der Waals surface area contributed by atoms with Gasteiger partial charge in [0.25, 0.3) is 5.56 Å². The molecule has 0 radical (unpaired) electrons. The Labute approximate surface area is 133 Å². The Bertz CT molecular complexity index is 540. The highest BCUT2D eigenvalue weighted by atomic mass is 79.9. The van der Waals surface area contributed by atoms with E-state index in [1.165, 1.54) is 4.68 Å². The van der Waals surface area contributed by atoms with Crippen molar-refractivity contribution in [2.24, 2.45) is 5.41 Å². The molecule has 2 rings (SSSR count). The Morgan fingerprint density at radius 1 is 1.52 bits per heavy atom. The molecule has 0 aliphatic heterocycles. The van der Waals surface area contributed by atoms with Gasteiger partial charge in [-0.05, 0) is 54.7 Å². The first-order valence-electron chi connectivity index (χ1n) is 7.22. The number of rotatable bonds is 8.